The Morgan fingerprint density at radius 1 is 1.29 bits per heavy atom. The topological polar surface area (TPSA) is 85.7 Å². The molecule has 2 aromatic rings. The monoisotopic (exact) mass is 499 g/mol. The number of amides is 1. The Labute approximate surface area is 213 Å². The minimum absolute atomic E-state index is 0.0432. The number of carbonyl (C=O) groups excluding carboxylic acids is 1. The number of nitrogens with one attached hydrogen (secondary N) is 1. The minimum Gasteiger partial charge on any atom is -0.396 e. The number of carbonyl (C=O) groups is 1. The lowest BCUT2D eigenvalue weighted by molar-refractivity contribution is -0.147. The lowest BCUT2D eigenvalue weighted by atomic mass is 9.47. The molecule has 35 heavy (non-hydrogen) atoms. The Balaban J connectivity index is 1.65. The second-order valence-corrected chi connectivity index (χ2v) is 12.2. The average molecular weight is 500 g/mol. The van der Waals surface area contributed by atoms with Crippen molar-refractivity contribution >= 4 is 22.4 Å². The maximum Gasteiger partial charge on any atom is 0.223 e. The molecule has 5 atom stereocenters. The number of hydrogen-bond acceptors (Lipinski definition) is 6. The van der Waals surface area contributed by atoms with E-state index in [1.165, 1.54) is 4.88 Å². The van der Waals surface area contributed by atoms with E-state index in [0.29, 0.717) is 19.4 Å². The number of thiazole rings is 1. The van der Waals surface area contributed by atoms with Gasteiger partial charge in [0.1, 0.15) is 0 Å². The van der Waals surface area contributed by atoms with E-state index in [1.807, 2.05) is 49.2 Å². The van der Waals surface area contributed by atoms with Crippen LogP contribution < -0.4 is 5.32 Å². The molecule has 1 aromatic heterocycles. The molecule has 2 aliphatic rings. The number of aliphatic hydroxyl groups is 2. The largest absolute Gasteiger partial charge is 0.396 e. The number of nitrogens with zero attached hydrogens (tertiary/aromatic N) is 2. The molecule has 1 fully saturated rings. The van der Waals surface area contributed by atoms with Crippen LogP contribution in [0.25, 0.3) is 0 Å². The highest BCUT2D eigenvalue weighted by Crippen LogP contribution is 2.62. The first-order chi connectivity index (χ1) is 16.7. The van der Waals surface area contributed by atoms with Crippen molar-refractivity contribution in [3.8, 4) is 0 Å². The van der Waals surface area contributed by atoms with Gasteiger partial charge in [-0.05, 0) is 42.6 Å². The Kier molecular flexibility index (Phi) is 7.89. The molecule has 3 N–H and O–H groups in total. The van der Waals surface area contributed by atoms with Gasteiger partial charge < -0.3 is 20.4 Å². The lowest BCUT2D eigenvalue weighted by Crippen LogP contribution is -2.57. The zero-order chi connectivity index (χ0) is 25.2. The molecule has 4 rings (SSSR count). The van der Waals surface area contributed by atoms with Gasteiger partial charge in [0, 0.05) is 42.8 Å². The second-order valence-electron chi connectivity index (χ2n) is 11.1. The molecule has 6 nitrogen and oxygen atoms in total. The molecule has 1 aromatic carbocycles. The van der Waals surface area contributed by atoms with E-state index >= 15 is 0 Å². The maximum atomic E-state index is 13.5. The molecule has 0 aliphatic heterocycles. The molecular formula is C28H41N3O3S. The quantitative estimate of drug-likeness (QED) is 0.431. The van der Waals surface area contributed by atoms with Crippen molar-refractivity contribution in [1.82, 2.24) is 9.88 Å². The number of hydrogen-bond donors (Lipinski definition) is 3. The molecule has 0 radical (unpaired) electrons. The van der Waals surface area contributed by atoms with Crippen LogP contribution >= 0.6 is 11.3 Å². The zero-order valence-corrected chi connectivity index (χ0v) is 22.4. The van der Waals surface area contributed by atoms with E-state index in [9.17, 15) is 15.0 Å². The summed E-state index contributed by atoms with van der Waals surface area (Å²) < 4.78 is 0. The summed E-state index contributed by atoms with van der Waals surface area (Å²) in [6, 6.07) is 10.1. The number of aromatic nitrogens is 1. The van der Waals surface area contributed by atoms with Gasteiger partial charge in [0.25, 0.3) is 0 Å². The number of anilines is 1. The van der Waals surface area contributed by atoms with Crippen LogP contribution in [0.2, 0.25) is 0 Å². The third-order valence-electron chi connectivity index (χ3n) is 8.77. The van der Waals surface area contributed by atoms with Crippen molar-refractivity contribution in [3.05, 3.63) is 46.5 Å². The van der Waals surface area contributed by atoms with Crippen molar-refractivity contribution in [2.24, 2.45) is 16.7 Å². The fraction of sp³-hybridized carbons (Fsp3) is 0.643. The van der Waals surface area contributed by atoms with Gasteiger partial charge in [0.05, 0.1) is 18.4 Å². The second kappa shape index (κ2) is 10.6. The Hall–Kier alpha value is -1.96. The number of fused-ring (bicyclic) bond motifs is 2. The molecule has 192 valence electrons. The van der Waals surface area contributed by atoms with Gasteiger partial charge in [-0.15, -0.1) is 11.3 Å². The Morgan fingerprint density at radius 3 is 2.71 bits per heavy atom. The molecule has 0 bridgehead atoms. The minimum atomic E-state index is -0.596. The van der Waals surface area contributed by atoms with Gasteiger partial charge in [-0.3, -0.25) is 4.79 Å². The van der Waals surface area contributed by atoms with Gasteiger partial charge in [-0.2, -0.15) is 0 Å². The van der Waals surface area contributed by atoms with Crippen LogP contribution in [0.4, 0.5) is 5.13 Å². The summed E-state index contributed by atoms with van der Waals surface area (Å²) >= 11 is 1.68. The standard InChI is InChI=1S/C28H41N3O3S/c1-5-6-14-29-26-30-25-20(15-24(34)31(4)17-19-10-8-7-9-11-19)27(2)13-12-23(33)28(3,18-32)22(27)16-21(25)35-26/h7-11,20,22-23,32-33H,5-6,12-18H2,1-4H3,(H,29,30). The van der Waals surface area contributed by atoms with Crippen molar-refractivity contribution in [3.63, 3.8) is 0 Å². The molecule has 0 saturated heterocycles. The summed E-state index contributed by atoms with van der Waals surface area (Å²) in [4.78, 5) is 21.6. The Bertz CT molecular complexity index is 1010. The summed E-state index contributed by atoms with van der Waals surface area (Å²) in [6.07, 6.45) is 4.30. The van der Waals surface area contributed by atoms with E-state index in [2.05, 4.69) is 19.2 Å². The van der Waals surface area contributed by atoms with Crippen LogP contribution in [-0.2, 0) is 17.8 Å². The van der Waals surface area contributed by atoms with Crippen LogP contribution in [0.3, 0.4) is 0 Å². The van der Waals surface area contributed by atoms with Gasteiger partial charge >= 0.3 is 0 Å². The summed E-state index contributed by atoms with van der Waals surface area (Å²) in [5, 5.41) is 25.8. The molecule has 2 aliphatic carbocycles. The van der Waals surface area contributed by atoms with Gasteiger partial charge in [-0.25, -0.2) is 4.98 Å². The van der Waals surface area contributed by atoms with E-state index in [0.717, 1.165) is 48.6 Å². The fourth-order valence-corrected chi connectivity index (χ4v) is 7.46. The molecular weight excluding hydrogens is 458 g/mol. The molecule has 7 heteroatoms. The third kappa shape index (κ3) is 5.00. The summed E-state index contributed by atoms with van der Waals surface area (Å²) in [7, 11) is 1.88. The summed E-state index contributed by atoms with van der Waals surface area (Å²) in [6.45, 7) is 7.87. The van der Waals surface area contributed by atoms with Crippen LogP contribution in [-0.4, -0.2) is 52.3 Å². The molecule has 1 heterocycles. The van der Waals surface area contributed by atoms with E-state index in [1.54, 1.807) is 11.3 Å². The van der Waals surface area contributed by atoms with Crippen molar-refractivity contribution in [2.75, 3.05) is 25.5 Å². The molecule has 1 saturated carbocycles. The number of rotatable bonds is 9. The number of aliphatic hydroxyl groups excluding tert-OH is 2. The van der Waals surface area contributed by atoms with E-state index < -0.39 is 11.5 Å². The zero-order valence-electron chi connectivity index (χ0n) is 21.6. The van der Waals surface area contributed by atoms with Crippen molar-refractivity contribution in [2.45, 2.75) is 77.9 Å². The van der Waals surface area contributed by atoms with E-state index in [-0.39, 0.29) is 29.8 Å². The van der Waals surface area contributed by atoms with Crippen LogP contribution in [0.15, 0.2) is 30.3 Å². The normalized spacial score (nSPS) is 29.8. The summed E-state index contributed by atoms with van der Waals surface area (Å²) in [5.41, 5.74) is 1.34. The highest BCUT2D eigenvalue weighted by molar-refractivity contribution is 7.15. The first kappa shape index (κ1) is 26.1. The first-order valence-corrected chi connectivity index (χ1v) is 13.8. The molecule has 1 amide bonds. The van der Waals surface area contributed by atoms with Gasteiger partial charge in [-0.1, -0.05) is 57.5 Å². The average Bonchev–Trinajstić information content (AvgIpc) is 3.26. The number of benzene rings is 1. The van der Waals surface area contributed by atoms with Crippen LogP contribution in [0.1, 0.15) is 74.9 Å². The Morgan fingerprint density at radius 2 is 2.03 bits per heavy atom. The number of unbranched alkanes of at least 4 members (excludes halogenated alkanes) is 1. The third-order valence-corrected chi connectivity index (χ3v) is 9.82. The summed E-state index contributed by atoms with van der Waals surface area (Å²) in [5.74, 6) is 0.146. The van der Waals surface area contributed by atoms with Crippen molar-refractivity contribution < 1.29 is 15.0 Å². The van der Waals surface area contributed by atoms with Crippen LogP contribution in [0, 0.1) is 16.7 Å². The van der Waals surface area contributed by atoms with Gasteiger partial charge in [0.2, 0.25) is 5.91 Å². The first-order valence-electron chi connectivity index (χ1n) is 13.0. The fourth-order valence-electron chi connectivity index (χ4n) is 6.37. The predicted molar refractivity (Wildman–Crippen MR) is 142 cm³/mol. The van der Waals surface area contributed by atoms with Gasteiger partial charge in [0.15, 0.2) is 5.13 Å². The maximum absolute atomic E-state index is 13.5. The lowest BCUT2D eigenvalue weighted by Gasteiger charge is -2.58. The van der Waals surface area contributed by atoms with E-state index in [4.69, 9.17) is 4.98 Å². The highest BCUT2D eigenvalue weighted by Gasteiger charge is 2.59. The van der Waals surface area contributed by atoms with Crippen LogP contribution in [0.5, 0.6) is 0 Å². The molecule has 0 spiro atoms. The highest BCUT2D eigenvalue weighted by atomic mass is 32.1. The van der Waals surface area contributed by atoms with Crippen molar-refractivity contribution in [1.29, 1.82) is 0 Å². The predicted octanol–water partition coefficient (Wildman–Crippen LogP) is 4.82. The SMILES string of the molecule is CCCCNc1nc2c(s1)CC1C(C)(CO)C(O)CCC1(C)C2CC(=O)N(C)Cc1ccccc1. The molecule has 5 unspecified atom stereocenters. The smallest absolute Gasteiger partial charge is 0.223 e.